The molecule has 2 atom stereocenters. The maximum atomic E-state index is 13.0. The molecule has 1 aromatic heterocycles. The fraction of sp³-hybridized carbons (Fsp3) is 0.400. The van der Waals surface area contributed by atoms with E-state index in [1.54, 1.807) is 6.20 Å². The summed E-state index contributed by atoms with van der Waals surface area (Å²) in [6.07, 6.45) is 3.56. The Balaban J connectivity index is 1.49. The predicted octanol–water partition coefficient (Wildman–Crippen LogP) is 1.66. The van der Waals surface area contributed by atoms with Gasteiger partial charge in [-0.2, -0.15) is 0 Å². The van der Waals surface area contributed by atoms with Crippen molar-refractivity contribution in [1.82, 2.24) is 14.8 Å². The minimum Gasteiger partial charge on any atom is -0.486 e. The first-order valence-corrected chi connectivity index (χ1v) is 9.01. The molecule has 2 fully saturated rings. The first-order chi connectivity index (χ1) is 12.7. The molecule has 1 aromatic carbocycles. The third-order valence-electron chi connectivity index (χ3n) is 5.71. The summed E-state index contributed by atoms with van der Waals surface area (Å²) in [4.78, 5) is 21.4. The summed E-state index contributed by atoms with van der Waals surface area (Å²) in [6.45, 7) is 3.22. The summed E-state index contributed by atoms with van der Waals surface area (Å²) >= 11 is 0. The number of carbonyl (C=O) groups is 1. The van der Waals surface area contributed by atoms with Crippen molar-refractivity contribution in [3.05, 3.63) is 48.3 Å². The second-order valence-corrected chi connectivity index (χ2v) is 7.24. The molecule has 6 heteroatoms. The van der Waals surface area contributed by atoms with E-state index in [2.05, 4.69) is 9.88 Å². The van der Waals surface area contributed by atoms with E-state index in [-0.39, 0.29) is 18.1 Å². The van der Waals surface area contributed by atoms with Gasteiger partial charge in [0, 0.05) is 38.1 Å². The molecule has 0 saturated carbocycles. The molecule has 0 N–H and O–H groups in total. The molecule has 2 aromatic rings. The highest BCUT2D eigenvalue weighted by Crippen LogP contribution is 2.34. The van der Waals surface area contributed by atoms with Crippen molar-refractivity contribution in [1.29, 1.82) is 0 Å². The quantitative estimate of drug-likeness (QED) is 0.824. The van der Waals surface area contributed by atoms with Gasteiger partial charge in [0.15, 0.2) is 0 Å². The number of amides is 1. The summed E-state index contributed by atoms with van der Waals surface area (Å²) in [7, 11) is 1.88. The van der Waals surface area contributed by atoms with Gasteiger partial charge < -0.3 is 14.4 Å². The van der Waals surface area contributed by atoms with Gasteiger partial charge in [0.25, 0.3) is 5.91 Å². The Morgan fingerprint density at radius 2 is 2.04 bits per heavy atom. The van der Waals surface area contributed by atoms with Crippen LogP contribution in [0.15, 0.2) is 42.7 Å². The van der Waals surface area contributed by atoms with E-state index in [9.17, 15) is 4.79 Å². The molecule has 4 heterocycles. The van der Waals surface area contributed by atoms with E-state index in [1.165, 1.54) is 0 Å². The Morgan fingerprint density at radius 3 is 2.77 bits per heavy atom. The number of likely N-dealkylation sites (N-methyl/N-ethyl adjacent to an activating group) is 1. The number of ether oxygens (including phenoxy) is 2. The monoisotopic (exact) mass is 351 g/mol. The van der Waals surface area contributed by atoms with Gasteiger partial charge in [-0.1, -0.05) is 12.1 Å². The topological polar surface area (TPSA) is 54.9 Å². The molecule has 2 saturated heterocycles. The van der Waals surface area contributed by atoms with Gasteiger partial charge in [-0.15, -0.1) is 0 Å². The van der Waals surface area contributed by atoms with Crippen LogP contribution in [0.4, 0.5) is 0 Å². The van der Waals surface area contributed by atoms with Crippen LogP contribution in [0.5, 0.6) is 5.75 Å². The van der Waals surface area contributed by atoms with Gasteiger partial charge in [-0.25, -0.2) is 0 Å². The van der Waals surface area contributed by atoms with Crippen molar-refractivity contribution in [2.45, 2.75) is 18.2 Å². The molecular weight excluding hydrogens is 330 g/mol. The number of aromatic nitrogens is 1. The fourth-order valence-corrected chi connectivity index (χ4v) is 4.02. The lowest BCUT2D eigenvalue weighted by Gasteiger charge is -2.34. The van der Waals surface area contributed by atoms with E-state index in [1.807, 2.05) is 48.5 Å². The fourth-order valence-electron chi connectivity index (χ4n) is 4.02. The molecule has 0 radical (unpaired) electrons. The van der Waals surface area contributed by atoms with Crippen LogP contribution in [0.25, 0.3) is 11.1 Å². The molecular formula is C20H21N3O3. The smallest absolute Gasteiger partial charge is 0.257 e. The molecule has 5 rings (SSSR count). The molecule has 0 bridgehead atoms. The lowest BCUT2D eigenvalue weighted by Crippen LogP contribution is -2.49. The Morgan fingerprint density at radius 1 is 1.15 bits per heavy atom. The average Bonchev–Trinajstić information content (AvgIpc) is 2.99. The van der Waals surface area contributed by atoms with E-state index in [0.29, 0.717) is 17.4 Å². The summed E-state index contributed by atoms with van der Waals surface area (Å²) in [5.74, 6) is 0.694. The van der Waals surface area contributed by atoms with Crippen molar-refractivity contribution in [3.8, 4) is 16.9 Å². The van der Waals surface area contributed by atoms with Gasteiger partial charge in [0.05, 0.1) is 30.9 Å². The first-order valence-electron chi connectivity index (χ1n) is 9.01. The summed E-state index contributed by atoms with van der Waals surface area (Å²) in [6, 6.07) is 10.2. The second kappa shape index (κ2) is 6.07. The van der Waals surface area contributed by atoms with Crippen LogP contribution in [0.3, 0.4) is 0 Å². The number of likely N-dealkylation sites (tertiary alicyclic amines) is 1. The molecule has 0 aliphatic carbocycles. The zero-order valence-corrected chi connectivity index (χ0v) is 14.7. The number of carbonyl (C=O) groups excluding carboxylic acids is 1. The van der Waals surface area contributed by atoms with E-state index in [0.717, 1.165) is 37.4 Å². The number of hydrogen-bond donors (Lipinski definition) is 0. The summed E-state index contributed by atoms with van der Waals surface area (Å²) < 4.78 is 11.7. The normalized spacial score (nSPS) is 25.9. The van der Waals surface area contributed by atoms with Gasteiger partial charge in [-0.05, 0) is 23.8 Å². The molecule has 2 unspecified atom stereocenters. The number of pyridine rings is 1. The molecule has 0 spiro atoms. The molecule has 3 aliphatic rings. The summed E-state index contributed by atoms with van der Waals surface area (Å²) in [5, 5.41) is 0. The Bertz CT molecular complexity index is 837. The first kappa shape index (κ1) is 15.8. The molecule has 1 amide bonds. The molecule has 3 aliphatic heterocycles. The third kappa shape index (κ3) is 2.48. The maximum absolute atomic E-state index is 13.0. The van der Waals surface area contributed by atoms with Crippen molar-refractivity contribution in [3.63, 3.8) is 0 Å². The lowest BCUT2D eigenvalue weighted by molar-refractivity contribution is -0.0599. The van der Waals surface area contributed by atoms with Gasteiger partial charge in [0.1, 0.15) is 11.9 Å². The van der Waals surface area contributed by atoms with Crippen LogP contribution in [0.1, 0.15) is 10.4 Å². The highest BCUT2D eigenvalue weighted by Gasteiger charge is 2.45. The largest absolute Gasteiger partial charge is 0.486 e. The highest BCUT2D eigenvalue weighted by molar-refractivity contribution is 5.98. The second-order valence-electron chi connectivity index (χ2n) is 7.24. The number of benzene rings is 1. The van der Waals surface area contributed by atoms with E-state index >= 15 is 0 Å². The minimum absolute atomic E-state index is 0.0186. The standard InChI is InChI=1S/C20H21N3O3/c1-22-17-9-23(15-11-25-12-15)10-19(17)26-18-7-13(4-5-16(18)20(22)24)14-3-2-6-21-8-14/h2-8,15,17,19H,9-12H2,1H3. The lowest BCUT2D eigenvalue weighted by atomic mass is 10.0. The van der Waals surface area contributed by atoms with Crippen molar-refractivity contribution < 1.29 is 14.3 Å². The number of hydrogen-bond acceptors (Lipinski definition) is 5. The summed E-state index contributed by atoms with van der Waals surface area (Å²) in [5.41, 5.74) is 2.65. The number of fused-ring (bicyclic) bond motifs is 2. The number of nitrogens with zero attached hydrogens (tertiary/aromatic N) is 3. The van der Waals surface area contributed by atoms with Crippen molar-refractivity contribution in [2.75, 3.05) is 33.4 Å². The van der Waals surface area contributed by atoms with Gasteiger partial charge >= 0.3 is 0 Å². The van der Waals surface area contributed by atoms with Gasteiger partial charge in [0.2, 0.25) is 0 Å². The van der Waals surface area contributed by atoms with Crippen LogP contribution in [-0.2, 0) is 4.74 Å². The van der Waals surface area contributed by atoms with Gasteiger partial charge in [-0.3, -0.25) is 14.7 Å². The maximum Gasteiger partial charge on any atom is 0.257 e. The predicted molar refractivity (Wildman–Crippen MR) is 96.2 cm³/mol. The van der Waals surface area contributed by atoms with Crippen molar-refractivity contribution in [2.24, 2.45) is 0 Å². The zero-order valence-electron chi connectivity index (χ0n) is 14.7. The highest BCUT2D eigenvalue weighted by atomic mass is 16.5. The Hall–Kier alpha value is -2.44. The van der Waals surface area contributed by atoms with Crippen LogP contribution < -0.4 is 4.74 Å². The minimum atomic E-state index is -0.0186. The van der Waals surface area contributed by atoms with Crippen LogP contribution in [0.2, 0.25) is 0 Å². The third-order valence-corrected chi connectivity index (χ3v) is 5.71. The Labute approximate surface area is 152 Å². The molecule has 134 valence electrons. The SMILES string of the molecule is CN1C(=O)c2ccc(-c3cccnc3)cc2OC2CN(C3COC3)CC21. The molecule has 26 heavy (non-hydrogen) atoms. The Kier molecular flexibility index (Phi) is 3.69. The van der Waals surface area contributed by atoms with Crippen molar-refractivity contribution >= 4 is 5.91 Å². The van der Waals surface area contributed by atoms with Crippen LogP contribution in [-0.4, -0.2) is 72.2 Å². The molecule has 6 nitrogen and oxygen atoms in total. The van der Waals surface area contributed by atoms with E-state index < -0.39 is 0 Å². The van der Waals surface area contributed by atoms with Crippen LogP contribution >= 0.6 is 0 Å². The average molecular weight is 351 g/mol. The number of rotatable bonds is 2. The van der Waals surface area contributed by atoms with Crippen LogP contribution in [0, 0.1) is 0 Å². The van der Waals surface area contributed by atoms with E-state index in [4.69, 9.17) is 9.47 Å². The zero-order chi connectivity index (χ0) is 17.7.